The summed E-state index contributed by atoms with van der Waals surface area (Å²) >= 11 is 0. The Hall–Kier alpha value is -1.90. The maximum absolute atomic E-state index is 14.0. The Morgan fingerprint density at radius 1 is 0.767 bits per heavy atom. The van der Waals surface area contributed by atoms with E-state index in [4.69, 9.17) is 4.74 Å². The fourth-order valence-electron chi connectivity index (χ4n) is 3.85. The largest absolute Gasteiger partial charge is 0.491 e. The lowest BCUT2D eigenvalue weighted by Crippen LogP contribution is -1.95. The molecule has 0 aliphatic carbocycles. The first-order chi connectivity index (χ1) is 14.7. The minimum absolute atomic E-state index is 0.296. The van der Waals surface area contributed by atoms with Crippen LogP contribution in [0.3, 0.4) is 0 Å². The van der Waals surface area contributed by atoms with Crippen LogP contribution < -0.4 is 4.74 Å². The molecule has 166 valence electrons. The first-order valence-corrected chi connectivity index (χ1v) is 12.1. The number of rotatable bonds is 16. The van der Waals surface area contributed by atoms with Gasteiger partial charge in [-0.15, -0.1) is 0 Å². The van der Waals surface area contributed by atoms with Gasteiger partial charge in [0, 0.05) is 11.8 Å². The van der Waals surface area contributed by atoms with Crippen molar-refractivity contribution in [3.63, 3.8) is 0 Å². The van der Waals surface area contributed by atoms with Crippen molar-refractivity contribution in [1.29, 1.82) is 0 Å². The SMILES string of the molecule is CCCCCCCCCCCCCCc1ccc(-c2ccc(OCC)c(F)c2)nc1. The molecule has 1 aromatic carbocycles. The van der Waals surface area contributed by atoms with Crippen molar-refractivity contribution < 1.29 is 9.13 Å². The summed E-state index contributed by atoms with van der Waals surface area (Å²) in [5, 5.41) is 0. The van der Waals surface area contributed by atoms with E-state index in [1.54, 1.807) is 6.07 Å². The number of unbranched alkanes of at least 4 members (excludes halogenated alkanes) is 11. The molecule has 0 spiro atoms. The van der Waals surface area contributed by atoms with Gasteiger partial charge in [-0.2, -0.15) is 0 Å². The summed E-state index contributed by atoms with van der Waals surface area (Å²) in [7, 11) is 0. The summed E-state index contributed by atoms with van der Waals surface area (Å²) in [6.45, 7) is 4.59. The lowest BCUT2D eigenvalue weighted by atomic mass is 10.0. The second-order valence-electron chi connectivity index (χ2n) is 8.27. The Morgan fingerprint density at radius 2 is 1.40 bits per heavy atom. The van der Waals surface area contributed by atoms with E-state index in [0.717, 1.165) is 17.7 Å². The number of halogens is 1. The van der Waals surface area contributed by atoms with Crippen molar-refractivity contribution in [2.45, 2.75) is 97.3 Å². The van der Waals surface area contributed by atoms with Gasteiger partial charge in [0.2, 0.25) is 0 Å². The minimum Gasteiger partial charge on any atom is -0.491 e. The zero-order chi connectivity index (χ0) is 21.4. The van der Waals surface area contributed by atoms with E-state index >= 15 is 0 Å². The summed E-state index contributed by atoms with van der Waals surface area (Å²) in [4.78, 5) is 4.53. The first-order valence-electron chi connectivity index (χ1n) is 12.1. The highest BCUT2D eigenvalue weighted by molar-refractivity contribution is 5.60. The smallest absolute Gasteiger partial charge is 0.165 e. The lowest BCUT2D eigenvalue weighted by Gasteiger charge is -2.07. The van der Waals surface area contributed by atoms with Crippen LogP contribution in [-0.4, -0.2) is 11.6 Å². The molecular formula is C27H40FNO. The fraction of sp³-hybridized carbons (Fsp3) is 0.593. The summed E-state index contributed by atoms with van der Waals surface area (Å²) in [5.41, 5.74) is 2.85. The van der Waals surface area contributed by atoms with Crippen molar-refractivity contribution in [3.8, 4) is 17.0 Å². The second-order valence-corrected chi connectivity index (χ2v) is 8.27. The average molecular weight is 414 g/mol. The van der Waals surface area contributed by atoms with E-state index in [1.165, 1.54) is 88.7 Å². The molecule has 1 aromatic heterocycles. The van der Waals surface area contributed by atoms with Gasteiger partial charge in [0.1, 0.15) is 0 Å². The average Bonchev–Trinajstić information content (AvgIpc) is 2.76. The maximum Gasteiger partial charge on any atom is 0.165 e. The van der Waals surface area contributed by atoms with Crippen LogP contribution in [0.1, 0.15) is 96.5 Å². The molecule has 0 bridgehead atoms. The van der Waals surface area contributed by atoms with Crippen LogP contribution in [0.2, 0.25) is 0 Å². The van der Waals surface area contributed by atoms with Gasteiger partial charge in [0.15, 0.2) is 11.6 Å². The van der Waals surface area contributed by atoms with E-state index in [1.807, 2.05) is 25.3 Å². The van der Waals surface area contributed by atoms with Crippen molar-refractivity contribution >= 4 is 0 Å². The molecule has 1 heterocycles. The van der Waals surface area contributed by atoms with Crippen molar-refractivity contribution in [3.05, 3.63) is 47.9 Å². The molecule has 2 nitrogen and oxygen atoms in total. The molecule has 0 saturated carbocycles. The van der Waals surface area contributed by atoms with Crippen LogP contribution in [0.4, 0.5) is 4.39 Å². The molecule has 3 heteroatoms. The fourth-order valence-corrected chi connectivity index (χ4v) is 3.85. The Kier molecular flexibility index (Phi) is 12.2. The monoisotopic (exact) mass is 413 g/mol. The highest BCUT2D eigenvalue weighted by Gasteiger charge is 2.07. The predicted molar refractivity (Wildman–Crippen MR) is 126 cm³/mol. The first kappa shape index (κ1) is 24.4. The van der Waals surface area contributed by atoms with E-state index in [-0.39, 0.29) is 5.82 Å². The predicted octanol–water partition coefficient (Wildman–Crippen LogP) is 8.53. The molecule has 0 atom stereocenters. The molecule has 2 aromatic rings. The molecule has 30 heavy (non-hydrogen) atoms. The zero-order valence-electron chi connectivity index (χ0n) is 19.1. The molecular weight excluding hydrogens is 373 g/mol. The standard InChI is InChI=1S/C27H40FNO/c1-3-5-6-7-8-9-10-11-12-13-14-15-16-23-17-19-26(29-22-23)24-18-20-27(30-4-2)25(28)21-24/h17-22H,3-16H2,1-2H3. The Labute approximate surface area is 183 Å². The van der Waals surface area contributed by atoms with Gasteiger partial charge >= 0.3 is 0 Å². The molecule has 2 rings (SSSR count). The maximum atomic E-state index is 14.0. The molecule has 0 radical (unpaired) electrons. The number of ether oxygens (including phenoxy) is 1. The Balaban J connectivity index is 1.59. The number of benzene rings is 1. The van der Waals surface area contributed by atoms with E-state index in [9.17, 15) is 4.39 Å². The van der Waals surface area contributed by atoms with Gasteiger partial charge in [-0.3, -0.25) is 4.98 Å². The summed E-state index contributed by atoms with van der Waals surface area (Å²) in [6, 6.07) is 9.15. The van der Waals surface area contributed by atoms with Gasteiger partial charge in [-0.25, -0.2) is 4.39 Å². The van der Waals surface area contributed by atoms with E-state index < -0.39 is 0 Å². The molecule has 0 N–H and O–H groups in total. The van der Waals surface area contributed by atoms with Gasteiger partial charge in [0.25, 0.3) is 0 Å². The van der Waals surface area contributed by atoms with Crippen LogP contribution >= 0.6 is 0 Å². The van der Waals surface area contributed by atoms with Crippen molar-refractivity contribution in [2.24, 2.45) is 0 Å². The van der Waals surface area contributed by atoms with Gasteiger partial charge in [-0.1, -0.05) is 83.6 Å². The molecule has 0 fully saturated rings. The third-order valence-corrected chi connectivity index (χ3v) is 5.67. The van der Waals surface area contributed by atoms with E-state index in [0.29, 0.717) is 12.4 Å². The number of nitrogens with zero attached hydrogens (tertiary/aromatic N) is 1. The van der Waals surface area contributed by atoms with Crippen molar-refractivity contribution in [2.75, 3.05) is 6.61 Å². The van der Waals surface area contributed by atoms with E-state index in [2.05, 4.69) is 18.0 Å². The van der Waals surface area contributed by atoms with Crippen LogP contribution in [0.15, 0.2) is 36.5 Å². The molecule has 0 unspecified atom stereocenters. The molecule has 0 aliphatic rings. The van der Waals surface area contributed by atoms with Gasteiger partial charge in [0.05, 0.1) is 12.3 Å². The number of hydrogen-bond donors (Lipinski definition) is 0. The number of hydrogen-bond acceptors (Lipinski definition) is 2. The second kappa shape index (κ2) is 15.0. The quantitative estimate of drug-likeness (QED) is 0.257. The highest BCUT2D eigenvalue weighted by atomic mass is 19.1. The Bertz CT molecular complexity index is 699. The van der Waals surface area contributed by atoms with Gasteiger partial charge < -0.3 is 4.74 Å². The topological polar surface area (TPSA) is 22.1 Å². The third kappa shape index (κ3) is 9.28. The normalized spacial score (nSPS) is 11.0. The molecule has 0 aliphatic heterocycles. The number of aromatic nitrogens is 1. The van der Waals surface area contributed by atoms with Crippen LogP contribution in [0.25, 0.3) is 11.3 Å². The molecule has 0 amide bonds. The third-order valence-electron chi connectivity index (χ3n) is 5.67. The minimum atomic E-state index is -0.336. The number of pyridine rings is 1. The van der Waals surface area contributed by atoms with Gasteiger partial charge in [-0.05, 0) is 49.6 Å². The van der Waals surface area contributed by atoms with Crippen LogP contribution in [0.5, 0.6) is 5.75 Å². The zero-order valence-corrected chi connectivity index (χ0v) is 19.1. The summed E-state index contributed by atoms with van der Waals surface area (Å²) in [5.74, 6) is -0.0402. The lowest BCUT2D eigenvalue weighted by molar-refractivity contribution is 0.321. The van der Waals surface area contributed by atoms with Crippen LogP contribution in [-0.2, 0) is 6.42 Å². The summed E-state index contributed by atoms with van der Waals surface area (Å²) < 4.78 is 19.3. The number of aryl methyl sites for hydroxylation is 1. The summed E-state index contributed by atoms with van der Waals surface area (Å²) in [6.07, 6.45) is 19.4. The highest BCUT2D eigenvalue weighted by Crippen LogP contribution is 2.25. The Morgan fingerprint density at radius 3 is 1.93 bits per heavy atom. The van der Waals surface area contributed by atoms with Crippen LogP contribution in [0, 0.1) is 5.82 Å². The van der Waals surface area contributed by atoms with Crippen molar-refractivity contribution in [1.82, 2.24) is 4.98 Å². The molecule has 0 saturated heterocycles.